The third-order valence-electron chi connectivity index (χ3n) is 2.47. The minimum atomic E-state index is -1.14. The molecule has 0 saturated heterocycles. The van der Waals surface area contributed by atoms with E-state index < -0.39 is 31.3 Å². The zero-order valence-electron chi connectivity index (χ0n) is 18.6. The molecule has 0 aliphatic heterocycles. The van der Waals surface area contributed by atoms with Crippen LogP contribution in [0.2, 0.25) is 0 Å². The first-order chi connectivity index (χ1) is 17.1. The van der Waals surface area contributed by atoms with Crippen LogP contribution >= 0.6 is 13.5 Å². The highest BCUT2D eigenvalue weighted by Crippen LogP contribution is 1.94. The Labute approximate surface area is 251 Å². The lowest BCUT2D eigenvalue weighted by Crippen LogP contribution is -2.27. The van der Waals surface area contributed by atoms with Crippen LogP contribution in [0, 0.1) is 143 Å². The Balaban J connectivity index is -0.0000000228. The molecule has 6 heteroatoms. The van der Waals surface area contributed by atoms with Gasteiger partial charge in [-0.15, -0.1) is 6.42 Å². The third kappa shape index (κ3) is 22.7. The van der Waals surface area contributed by atoms with E-state index in [9.17, 15) is 14.7 Å². The molecule has 0 unspecified atom stereocenters. The van der Waals surface area contributed by atoms with Gasteiger partial charge in [-0.05, 0) is 125 Å². The number of rotatable bonds is 4. The van der Waals surface area contributed by atoms with E-state index in [4.69, 9.17) is 15.9 Å². The quantitative estimate of drug-likeness (QED) is 0.327. The lowest BCUT2D eigenvalue weighted by molar-refractivity contribution is -0.153. The van der Waals surface area contributed by atoms with E-state index in [-0.39, 0.29) is 44.9 Å². The van der Waals surface area contributed by atoms with E-state index in [1.54, 1.807) is 6.92 Å². The Bertz CT molecular complexity index is 1630. The van der Waals surface area contributed by atoms with Crippen LogP contribution in [0.5, 0.6) is 0 Å². The molecule has 1 atom stereocenters. The summed E-state index contributed by atoms with van der Waals surface area (Å²) in [6.45, 7) is 0.594. The Morgan fingerprint density at radius 3 is 1.50 bits per heavy atom. The molecule has 36 heavy (non-hydrogen) atoms. The number of hydrogen-bond donors (Lipinski definition) is 1. The van der Waals surface area contributed by atoms with Crippen LogP contribution in [-0.2, 0) is 19.1 Å². The minimum absolute atomic E-state index is 0. The van der Waals surface area contributed by atoms with Crippen LogP contribution in [0.3, 0.4) is 0 Å². The predicted molar refractivity (Wildman–Crippen MR) is 185 cm³/mol. The van der Waals surface area contributed by atoms with Crippen molar-refractivity contribution in [3.8, 4) is 143 Å². The van der Waals surface area contributed by atoms with E-state index in [0.717, 1.165) is 0 Å². The van der Waals surface area contributed by atoms with Gasteiger partial charge in [0.05, 0.1) is 6.61 Å². The van der Waals surface area contributed by atoms with Gasteiger partial charge >= 0.3 is 11.9 Å². The van der Waals surface area contributed by atoms with E-state index in [1.165, 1.54) is 0 Å². The van der Waals surface area contributed by atoms with Gasteiger partial charge in [-0.2, -0.15) is 13.5 Å². The molecule has 0 bridgehead atoms. The summed E-state index contributed by atoms with van der Waals surface area (Å²) >= 11 is 0. The molecule has 0 aliphatic rings. The van der Waals surface area contributed by atoms with Crippen molar-refractivity contribution in [3.63, 3.8) is 0 Å². The smallest absolute Gasteiger partial charge is 0.385 e. The van der Waals surface area contributed by atoms with E-state index in [0.29, 0.717) is 0 Å². The molecule has 0 fully saturated rings. The number of aliphatic hydroxyl groups excluding tert-OH is 1. The van der Waals surface area contributed by atoms with Gasteiger partial charge in [0, 0.05) is 43.2 Å². The number of aliphatic hydroxyl groups is 1. The number of carbonyl (C=O) groups is 2. The molecule has 0 amide bonds. The van der Waals surface area contributed by atoms with Crippen molar-refractivity contribution in [2.45, 2.75) is 13.0 Å². The summed E-state index contributed by atoms with van der Waals surface area (Å²) in [7, 11) is 0. The summed E-state index contributed by atoms with van der Waals surface area (Å²) in [5.74, 6) is 51.9. The monoisotopic (exact) mass is 528 g/mol. The van der Waals surface area contributed by atoms with Gasteiger partial charge < -0.3 is 14.6 Å². The maximum absolute atomic E-state index is 11.6. The molecule has 1 N–H and O–H groups in total. The molecule has 212 valence electrons. The Hall–Kier alpha value is -6.03. The second-order valence-electron chi connectivity index (χ2n) is 4.83. The second-order valence-corrected chi connectivity index (χ2v) is 4.83. The van der Waals surface area contributed by atoms with E-state index in [2.05, 4.69) is 136 Å². The van der Waals surface area contributed by atoms with Gasteiger partial charge in [-0.1, -0.05) is 5.92 Å². The fraction of sp³-hybridized carbons (Fsp3) is 0.133. The van der Waals surface area contributed by atoms with Gasteiger partial charge in [-0.25, -0.2) is 9.59 Å². The number of ether oxygens (including phenoxy) is 2. The summed E-state index contributed by atoms with van der Waals surface area (Å²) in [5, 5.41) is 9.22. The number of esters is 2. The predicted octanol–water partition coefficient (Wildman–Crippen LogP) is 4.65. The molecule has 0 rings (SSSR count). The van der Waals surface area contributed by atoms with Crippen LogP contribution in [0.1, 0.15) is 38.3 Å². The summed E-state index contributed by atoms with van der Waals surface area (Å²) in [5.41, 5.74) is 0. The molecule has 0 aromatic rings. The molecule has 0 aromatic heterocycles. The summed E-state index contributed by atoms with van der Waals surface area (Å²) in [6.07, 6.45) is 3.77. The normalized spacial score (nSPS) is 6.47. The van der Waals surface area contributed by atoms with E-state index >= 15 is 0 Å². The van der Waals surface area contributed by atoms with Crippen LogP contribution in [0.15, 0.2) is 0 Å². The zero-order valence-corrected chi connectivity index (χ0v) is 19.6. The van der Waals surface area contributed by atoms with Crippen molar-refractivity contribution in [2.24, 2.45) is 0 Å². The van der Waals surface area contributed by atoms with E-state index in [1.807, 2.05) is 0 Å². The molecule has 0 heterocycles. The van der Waals surface area contributed by atoms with Crippen LogP contribution in [0.25, 0.3) is 0 Å². The lowest BCUT2D eigenvalue weighted by Gasteiger charge is -2.12. The lowest BCUT2D eigenvalue weighted by atomic mass is 10.4. The van der Waals surface area contributed by atoms with Crippen molar-refractivity contribution in [3.05, 3.63) is 0 Å². The molecule has 0 saturated carbocycles. The molecule has 0 radical (unpaired) electrons. The van der Waals surface area contributed by atoms with Gasteiger partial charge in [0.15, 0.2) is 6.10 Å². The highest BCUT2D eigenvalue weighted by atomic mass is 32.1. The van der Waals surface area contributed by atoms with Gasteiger partial charge in [0.1, 0.15) is 6.61 Å². The number of terminal acetylenes is 1. The minimum Gasteiger partial charge on any atom is -0.452 e. The Morgan fingerprint density at radius 1 is 0.694 bits per heavy atom. The fourth-order valence-corrected chi connectivity index (χ4v) is 1.24. The molecular weight excluding hydrogens is 472 g/mol. The summed E-state index contributed by atoms with van der Waals surface area (Å²) in [4.78, 5) is 23.1. The first-order valence-corrected chi connectivity index (χ1v) is 9.01. The maximum Gasteiger partial charge on any atom is 0.385 e. The third-order valence-corrected chi connectivity index (χ3v) is 2.47. The highest BCUT2D eigenvalue weighted by molar-refractivity contribution is 7.59. The average Bonchev–Trinajstić information content (AvgIpc) is 2.86. The maximum atomic E-state index is 11.6. The largest absolute Gasteiger partial charge is 0.452 e. The average molecular weight is 529 g/mol. The number of carbonyl (C=O) groups excluding carboxylic acids is 2. The van der Waals surface area contributed by atoms with Crippen molar-refractivity contribution < 1.29 is 55.6 Å². The first-order valence-electron chi connectivity index (χ1n) is 9.01. The second kappa shape index (κ2) is 25.2. The SMILES string of the molecule is C#CC#CC#CC#CC#CC#CC#CC(=O)O[C@H](CO)COC(=O)C#CC#CC#CC#CC#CC.S.[HH].[HH].[HH].[HH].[HH].[HH].[HH].[HH].[HH].[HH].[HH].[HH].[HH].[HH].[HH].[HH].[HH].[HH].[HH].[HH].[HH].[HH]. The van der Waals surface area contributed by atoms with Crippen LogP contribution < -0.4 is 0 Å². The van der Waals surface area contributed by atoms with Crippen LogP contribution in [0.4, 0.5) is 0 Å². The van der Waals surface area contributed by atoms with Gasteiger partial charge in [0.25, 0.3) is 0 Å². The summed E-state index contributed by atoms with van der Waals surface area (Å²) in [6, 6.07) is 0. The zero-order chi connectivity index (χ0) is 25.8. The van der Waals surface area contributed by atoms with Crippen molar-refractivity contribution in [1.29, 1.82) is 0 Å². The van der Waals surface area contributed by atoms with Crippen molar-refractivity contribution in [1.82, 2.24) is 0 Å². The van der Waals surface area contributed by atoms with Crippen LogP contribution in [-0.4, -0.2) is 36.4 Å². The fourth-order valence-electron chi connectivity index (χ4n) is 1.24. The number of hydrogen-bond acceptors (Lipinski definition) is 5. The Morgan fingerprint density at radius 2 is 1.08 bits per heavy atom. The highest BCUT2D eigenvalue weighted by Gasteiger charge is 2.14. The summed E-state index contributed by atoms with van der Waals surface area (Å²) < 4.78 is 9.59. The molecule has 0 aliphatic carbocycles. The standard InChI is InChI=1S/C30H10O5.H2S.22H2/c1-3-5-7-9-11-13-14-15-17-19-21-23-25-30(33)35-28(26-31)27-34-29(32)24-22-20-18-16-12-10-8-6-4-2;;;;;;;;;;;;;;;;;;;;;;;/h1,28,31H,26-27H2,2H3;1H2;22*1H/t28-;;;;;;;;;;;;;;;;;;;;;;;/m1......................./s1. The first kappa shape index (κ1) is 32.2. The molecule has 0 aromatic carbocycles. The van der Waals surface area contributed by atoms with Crippen molar-refractivity contribution in [2.75, 3.05) is 13.2 Å². The molecule has 5 nitrogen and oxygen atoms in total. The van der Waals surface area contributed by atoms with Crippen molar-refractivity contribution >= 4 is 25.4 Å². The van der Waals surface area contributed by atoms with Gasteiger partial charge in [-0.3, -0.25) is 0 Å². The molecule has 0 spiro atoms. The van der Waals surface area contributed by atoms with Gasteiger partial charge in [0.2, 0.25) is 0 Å². The topological polar surface area (TPSA) is 72.8 Å². The molecular formula is C30H56O5S. The Kier molecular flexibility index (Phi) is 22.5.